The number of carbonyl (C=O) groups excluding carboxylic acids is 5. The van der Waals surface area contributed by atoms with Crippen LogP contribution in [-0.2, 0) is 52.4 Å². The Balaban J connectivity index is 1.40. The van der Waals surface area contributed by atoms with Crippen LogP contribution in [0, 0.1) is 51.8 Å². The lowest BCUT2D eigenvalue weighted by Crippen LogP contribution is -2.77. The maximum atomic E-state index is 14.7. The maximum absolute atomic E-state index is 14.7. The Hall–Kier alpha value is -2.65. The van der Waals surface area contributed by atoms with Crippen LogP contribution in [0.3, 0.4) is 0 Å². The number of aliphatic hydroxyl groups is 3. The lowest BCUT2D eigenvalue weighted by atomic mass is 9.40. The summed E-state index contributed by atoms with van der Waals surface area (Å²) in [5.41, 5.74) is -8.46. The molecule has 3 saturated heterocycles. The van der Waals surface area contributed by atoms with Crippen LogP contribution in [0.1, 0.15) is 68.2 Å². The number of epoxide rings is 2. The van der Waals surface area contributed by atoms with Gasteiger partial charge in [0.05, 0.1) is 17.6 Å². The van der Waals surface area contributed by atoms with Crippen molar-refractivity contribution in [2.75, 3.05) is 0 Å². The fourth-order valence-electron chi connectivity index (χ4n) is 12.7. The average molecular weight is 677 g/mol. The lowest BCUT2D eigenvalue weighted by Gasteiger charge is -2.65. The van der Waals surface area contributed by atoms with Gasteiger partial charge in [-0.1, -0.05) is 20.8 Å². The monoisotopic (exact) mass is 676 g/mol. The second-order valence-electron chi connectivity index (χ2n) is 16.6. The average Bonchev–Trinajstić information content (AvgIpc) is 3.88. The summed E-state index contributed by atoms with van der Waals surface area (Å²) in [6.45, 7) is 12.1. The number of rotatable bonds is 3. The number of Topliss-reactive ketones (excluding diaryl/α,β-unsaturated/α-hetero) is 1. The number of ketones is 1. The summed E-state index contributed by atoms with van der Waals surface area (Å²) in [6.07, 6.45) is -6.82. The highest BCUT2D eigenvalue weighted by Crippen LogP contribution is 2.81. The zero-order valence-electron chi connectivity index (χ0n) is 28.3. The minimum atomic E-state index is -2.17. The first-order valence-corrected chi connectivity index (χ1v) is 16.9. The van der Waals surface area contributed by atoms with Crippen LogP contribution >= 0.6 is 0 Å². The van der Waals surface area contributed by atoms with Crippen molar-refractivity contribution in [2.45, 2.75) is 128 Å². The predicted molar refractivity (Wildman–Crippen MR) is 156 cm³/mol. The molecule has 264 valence electrons. The van der Waals surface area contributed by atoms with E-state index < -0.39 is 141 Å². The van der Waals surface area contributed by atoms with Gasteiger partial charge < -0.3 is 43.7 Å². The summed E-state index contributed by atoms with van der Waals surface area (Å²) >= 11 is 0. The number of esters is 4. The van der Waals surface area contributed by atoms with Crippen molar-refractivity contribution >= 4 is 29.7 Å². The molecule has 0 aromatic rings. The summed E-state index contributed by atoms with van der Waals surface area (Å²) in [7, 11) is 0. The van der Waals surface area contributed by atoms with Gasteiger partial charge >= 0.3 is 23.9 Å². The fraction of sp³-hybridized carbons (Fsp3) is 0.853. The van der Waals surface area contributed by atoms with Crippen molar-refractivity contribution in [3.63, 3.8) is 0 Å². The number of aliphatic hydroxyl groups excluding tert-OH is 1. The van der Waals surface area contributed by atoms with Gasteiger partial charge in [0.2, 0.25) is 11.6 Å². The predicted octanol–water partition coefficient (Wildman–Crippen LogP) is 0.197. The van der Waals surface area contributed by atoms with Gasteiger partial charge in [-0.3, -0.25) is 19.2 Å². The van der Waals surface area contributed by atoms with E-state index in [-0.39, 0.29) is 12.8 Å². The number of fused-ring (bicyclic) bond motifs is 9. The van der Waals surface area contributed by atoms with Crippen LogP contribution < -0.4 is 0 Å². The molecule has 3 aliphatic heterocycles. The molecule has 0 unspecified atom stereocenters. The van der Waals surface area contributed by atoms with Crippen molar-refractivity contribution in [1.29, 1.82) is 0 Å². The van der Waals surface area contributed by atoms with Gasteiger partial charge in [0.15, 0.2) is 11.7 Å². The standard InChI is InChI=1S/C34H44O14/c1-11-19-21(31(7)32(8,41)28(40)48-34(31)27(11)47-34)24(45-14(4)37)20-18-15(9-17(29(19,20)5)43-12(2)35)30(6)25(38)22-16(46-22)10-33(30,42)26(39)23(18)44-13(3)36/h11,15-25,27,38,41-42H,9-10H2,1-8H3/t11-,15-,16-,17-,18+,19-,20+,21-,22-,23+,24+,25-,27-,29+,30-,31-,32+,33-,34+/m0/s1. The Morgan fingerprint density at radius 2 is 1.52 bits per heavy atom. The van der Waals surface area contributed by atoms with E-state index in [0.717, 1.165) is 6.92 Å². The molecule has 5 saturated carbocycles. The molecular formula is C34H44O14. The molecule has 0 radical (unpaired) electrons. The number of hydrogen-bond donors (Lipinski definition) is 3. The van der Waals surface area contributed by atoms with E-state index in [1.807, 2.05) is 13.8 Å². The van der Waals surface area contributed by atoms with E-state index >= 15 is 0 Å². The molecule has 0 bridgehead atoms. The van der Waals surface area contributed by atoms with Crippen molar-refractivity contribution in [3.05, 3.63) is 0 Å². The topological polar surface area (TPSA) is 208 Å². The van der Waals surface area contributed by atoms with Crippen LogP contribution in [0.25, 0.3) is 0 Å². The van der Waals surface area contributed by atoms with Gasteiger partial charge in [0.1, 0.15) is 30.0 Å². The fourth-order valence-corrected chi connectivity index (χ4v) is 12.7. The third-order valence-corrected chi connectivity index (χ3v) is 14.9. The van der Waals surface area contributed by atoms with Gasteiger partial charge in [0, 0.05) is 55.8 Å². The second-order valence-corrected chi connectivity index (χ2v) is 16.6. The Kier molecular flexibility index (Phi) is 6.22. The van der Waals surface area contributed by atoms with Crippen molar-refractivity contribution < 1.29 is 67.7 Å². The molecule has 5 aliphatic carbocycles. The molecule has 8 rings (SSSR count). The molecule has 0 aromatic heterocycles. The van der Waals surface area contributed by atoms with Crippen LogP contribution in [0.2, 0.25) is 0 Å². The Morgan fingerprint density at radius 1 is 0.896 bits per heavy atom. The number of ether oxygens (including phenoxy) is 6. The minimum absolute atomic E-state index is 0.0531. The van der Waals surface area contributed by atoms with Crippen molar-refractivity contribution in [2.24, 2.45) is 51.8 Å². The largest absolute Gasteiger partial charge is 0.462 e. The summed E-state index contributed by atoms with van der Waals surface area (Å²) in [5, 5.41) is 36.2. The summed E-state index contributed by atoms with van der Waals surface area (Å²) in [4.78, 5) is 66.8. The molecule has 0 amide bonds. The van der Waals surface area contributed by atoms with Crippen molar-refractivity contribution in [1.82, 2.24) is 0 Å². The van der Waals surface area contributed by atoms with E-state index in [4.69, 9.17) is 28.4 Å². The van der Waals surface area contributed by atoms with Gasteiger partial charge in [-0.05, 0) is 38.0 Å². The Labute approximate surface area is 277 Å². The van der Waals surface area contributed by atoms with Gasteiger partial charge in [0.25, 0.3) is 0 Å². The molecular weight excluding hydrogens is 632 g/mol. The lowest BCUT2D eigenvalue weighted by molar-refractivity contribution is -0.267. The molecule has 14 nitrogen and oxygen atoms in total. The summed E-state index contributed by atoms with van der Waals surface area (Å²) in [5.74, 6) is -9.73. The highest BCUT2D eigenvalue weighted by atomic mass is 16.8. The molecule has 19 atom stereocenters. The number of carbonyl (C=O) groups is 5. The molecule has 8 aliphatic rings. The molecule has 48 heavy (non-hydrogen) atoms. The van der Waals surface area contributed by atoms with Gasteiger partial charge in [-0.2, -0.15) is 0 Å². The molecule has 0 aromatic carbocycles. The van der Waals surface area contributed by atoms with Crippen LogP contribution in [0.4, 0.5) is 0 Å². The zero-order valence-corrected chi connectivity index (χ0v) is 28.3. The van der Waals surface area contributed by atoms with Crippen LogP contribution in [0.5, 0.6) is 0 Å². The minimum Gasteiger partial charge on any atom is -0.462 e. The SMILES string of the molecule is CC(=O)O[C@@H]1[C@H]2[C@@H]3[C@@H](OC(C)=O)C(=O)[C@@]4(O)C[C@@H]5O[C@@H]5[C@H](O)[C@]4(C)[C@H]3C[C@H](OC(C)=O)[C@]2(C)[C@H]2[C@H](C)[C@@H]3O[C@@]34OC(=O)[C@@](C)(O)[C@]4(C)[C@H]12. The Morgan fingerprint density at radius 3 is 2.12 bits per heavy atom. The van der Waals surface area contributed by atoms with Gasteiger partial charge in [-0.15, -0.1) is 0 Å². The van der Waals surface area contributed by atoms with Crippen molar-refractivity contribution in [3.8, 4) is 0 Å². The maximum Gasteiger partial charge on any atom is 0.341 e. The van der Waals surface area contributed by atoms with Crippen LogP contribution in [-0.4, -0.2) is 105 Å². The first-order valence-electron chi connectivity index (χ1n) is 16.9. The van der Waals surface area contributed by atoms with E-state index in [2.05, 4.69) is 0 Å². The number of hydrogen-bond acceptors (Lipinski definition) is 14. The zero-order chi connectivity index (χ0) is 35.0. The normalized spacial score (nSPS) is 59.6. The first kappa shape index (κ1) is 32.5. The smallest absolute Gasteiger partial charge is 0.341 e. The summed E-state index contributed by atoms with van der Waals surface area (Å²) in [6, 6.07) is 0. The summed E-state index contributed by atoms with van der Waals surface area (Å²) < 4.78 is 36.1. The third-order valence-electron chi connectivity index (χ3n) is 14.9. The highest BCUT2D eigenvalue weighted by Gasteiger charge is 2.93. The van der Waals surface area contributed by atoms with E-state index in [0.29, 0.717) is 0 Å². The molecule has 8 fully saturated rings. The second kappa shape index (κ2) is 9.17. The molecule has 3 heterocycles. The van der Waals surface area contributed by atoms with E-state index in [9.17, 15) is 39.3 Å². The molecule has 1 spiro atoms. The highest BCUT2D eigenvalue weighted by molar-refractivity contribution is 5.95. The van der Waals surface area contributed by atoms with Gasteiger partial charge in [-0.25, -0.2) is 4.79 Å². The molecule has 3 N–H and O–H groups in total. The molecule has 14 heteroatoms. The van der Waals surface area contributed by atoms with E-state index in [1.165, 1.54) is 20.8 Å². The van der Waals surface area contributed by atoms with E-state index in [1.54, 1.807) is 13.8 Å². The quantitative estimate of drug-likeness (QED) is 0.207. The Bertz CT molecular complexity index is 1560. The first-order chi connectivity index (χ1) is 22.2. The van der Waals surface area contributed by atoms with Crippen LogP contribution in [0.15, 0.2) is 0 Å². The third kappa shape index (κ3) is 3.31.